The zero-order chi connectivity index (χ0) is 17.8. The lowest BCUT2D eigenvalue weighted by molar-refractivity contribution is -0.167. The summed E-state index contributed by atoms with van der Waals surface area (Å²) in [5, 5.41) is 9.55. The van der Waals surface area contributed by atoms with Crippen molar-refractivity contribution in [2.75, 3.05) is 0 Å². The molecule has 5 heteroatoms. The van der Waals surface area contributed by atoms with E-state index in [-0.39, 0.29) is 0 Å². The van der Waals surface area contributed by atoms with Crippen LogP contribution in [0.5, 0.6) is 0 Å². The quantitative estimate of drug-likeness (QED) is 0.478. The average molecular weight is 336 g/mol. The molecule has 1 unspecified atom stereocenters. The lowest BCUT2D eigenvalue weighted by Crippen LogP contribution is -2.43. The first-order valence-electron chi connectivity index (χ1n) is 7.34. The fraction of sp³-hybridized carbons (Fsp3) is 0.444. The van der Waals surface area contributed by atoms with Crippen LogP contribution in [0.15, 0.2) is 35.7 Å². The van der Waals surface area contributed by atoms with Gasteiger partial charge in [-0.1, -0.05) is 30.9 Å². The van der Waals surface area contributed by atoms with Crippen molar-refractivity contribution in [2.24, 2.45) is 5.92 Å². The molecular weight excluding hydrogens is 312 g/mol. The maximum Gasteiger partial charge on any atom is 0.322 e. The van der Waals surface area contributed by atoms with Gasteiger partial charge >= 0.3 is 11.9 Å². The Labute approximate surface area is 141 Å². The normalized spacial score (nSPS) is 13.3. The molecule has 0 fully saturated rings. The van der Waals surface area contributed by atoms with Crippen LogP contribution in [0.2, 0.25) is 0 Å². The molecule has 0 aliphatic rings. The number of carboxylic acid groups (broad SMARTS) is 1. The summed E-state index contributed by atoms with van der Waals surface area (Å²) in [4.78, 5) is 24.9. The van der Waals surface area contributed by atoms with Crippen LogP contribution < -0.4 is 0 Å². The van der Waals surface area contributed by atoms with Gasteiger partial charge in [-0.05, 0) is 46.2 Å². The summed E-state index contributed by atoms with van der Waals surface area (Å²) < 4.78 is 4.41. The largest absolute Gasteiger partial charge is 0.481 e. The maximum atomic E-state index is 12.4. The number of esters is 1. The summed E-state index contributed by atoms with van der Waals surface area (Å²) in [6, 6.07) is 7.54. The molecule has 1 atom stereocenters. The Hall–Kier alpha value is -1.75. The standard InChI is InChI=1S/C18H24O4S/c1-7-12-10-8-9-11-13(12)23-18(5,6)14(15(19)20)16(21)22-17(2,3)4/h7-11,14H,1H2,2-6H3,(H,19,20). The number of carboxylic acids is 1. The van der Waals surface area contributed by atoms with Gasteiger partial charge in [0.2, 0.25) is 0 Å². The van der Waals surface area contributed by atoms with Gasteiger partial charge in [-0.3, -0.25) is 9.59 Å². The van der Waals surface area contributed by atoms with Crippen molar-refractivity contribution in [2.45, 2.75) is 49.9 Å². The zero-order valence-corrected chi connectivity index (χ0v) is 15.1. The van der Waals surface area contributed by atoms with Crippen LogP contribution in [0, 0.1) is 5.92 Å². The molecule has 0 heterocycles. The van der Waals surface area contributed by atoms with Crippen LogP contribution in [0.4, 0.5) is 0 Å². The summed E-state index contributed by atoms with van der Waals surface area (Å²) in [6.45, 7) is 12.4. The predicted molar refractivity (Wildman–Crippen MR) is 93.4 cm³/mol. The minimum absolute atomic E-state index is 0.724. The van der Waals surface area contributed by atoms with Crippen molar-refractivity contribution >= 4 is 29.8 Å². The van der Waals surface area contributed by atoms with Crippen LogP contribution in [0.3, 0.4) is 0 Å². The van der Waals surface area contributed by atoms with E-state index < -0.39 is 28.2 Å². The third kappa shape index (κ3) is 5.43. The number of hydrogen-bond donors (Lipinski definition) is 1. The summed E-state index contributed by atoms with van der Waals surface area (Å²) >= 11 is 1.33. The fourth-order valence-corrected chi connectivity index (χ4v) is 3.42. The number of rotatable bonds is 6. The first-order valence-corrected chi connectivity index (χ1v) is 8.16. The van der Waals surface area contributed by atoms with E-state index in [2.05, 4.69) is 6.58 Å². The molecular formula is C18H24O4S. The topological polar surface area (TPSA) is 63.6 Å². The third-order valence-electron chi connectivity index (χ3n) is 3.10. The summed E-state index contributed by atoms with van der Waals surface area (Å²) in [6.07, 6.45) is 1.71. The second-order valence-electron chi connectivity index (χ2n) is 6.75. The van der Waals surface area contributed by atoms with Crippen molar-refractivity contribution < 1.29 is 19.4 Å². The highest BCUT2D eigenvalue weighted by molar-refractivity contribution is 8.00. The van der Waals surface area contributed by atoms with Crippen molar-refractivity contribution in [1.29, 1.82) is 0 Å². The van der Waals surface area contributed by atoms with Crippen LogP contribution >= 0.6 is 11.8 Å². The first kappa shape index (κ1) is 19.3. The Bertz CT molecular complexity index is 599. The third-order valence-corrected chi connectivity index (χ3v) is 4.45. The monoisotopic (exact) mass is 336 g/mol. The number of ether oxygens (including phenoxy) is 1. The van der Waals surface area contributed by atoms with Gasteiger partial charge in [0.15, 0.2) is 5.92 Å². The van der Waals surface area contributed by atoms with E-state index in [0.717, 1.165) is 10.5 Å². The molecule has 0 aliphatic carbocycles. The molecule has 0 spiro atoms. The predicted octanol–water partition coefficient (Wildman–Crippen LogP) is 4.24. The van der Waals surface area contributed by atoms with Crippen LogP contribution in [-0.4, -0.2) is 27.4 Å². The van der Waals surface area contributed by atoms with Gasteiger partial charge in [-0.25, -0.2) is 0 Å². The second kappa shape index (κ2) is 7.21. The van der Waals surface area contributed by atoms with Crippen molar-refractivity contribution in [3.05, 3.63) is 36.4 Å². The SMILES string of the molecule is C=Cc1ccccc1SC(C)(C)C(C(=O)O)C(=O)OC(C)(C)C. The van der Waals surface area contributed by atoms with Crippen molar-refractivity contribution in [3.8, 4) is 0 Å². The van der Waals surface area contributed by atoms with Gasteiger partial charge in [0.05, 0.1) is 0 Å². The first-order chi connectivity index (χ1) is 10.5. The smallest absolute Gasteiger partial charge is 0.322 e. The lowest BCUT2D eigenvalue weighted by Gasteiger charge is -2.32. The Morgan fingerprint density at radius 3 is 2.26 bits per heavy atom. The van der Waals surface area contributed by atoms with Gasteiger partial charge in [-0.15, -0.1) is 11.8 Å². The molecule has 0 saturated carbocycles. The van der Waals surface area contributed by atoms with Gasteiger partial charge in [0.1, 0.15) is 5.60 Å². The van der Waals surface area contributed by atoms with Crippen LogP contribution in [0.25, 0.3) is 6.08 Å². The molecule has 126 valence electrons. The van der Waals surface area contributed by atoms with E-state index >= 15 is 0 Å². The highest BCUT2D eigenvalue weighted by Gasteiger charge is 2.44. The minimum atomic E-state index is -1.27. The van der Waals surface area contributed by atoms with Crippen molar-refractivity contribution in [1.82, 2.24) is 0 Å². The number of thioether (sulfide) groups is 1. The number of hydrogen-bond acceptors (Lipinski definition) is 4. The highest BCUT2D eigenvalue weighted by atomic mass is 32.2. The molecule has 1 aromatic rings. The van der Waals surface area contributed by atoms with Gasteiger partial charge in [0, 0.05) is 9.64 Å². The average Bonchev–Trinajstić information content (AvgIpc) is 2.35. The molecule has 1 aromatic carbocycles. The molecule has 23 heavy (non-hydrogen) atoms. The fourth-order valence-electron chi connectivity index (χ4n) is 2.13. The molecule has 1 N–H and O–H groups in total. The molecule has 1 rings (SSSR count). The summed E-state index contributed by atoms with van der Waals surface area (Å²) in [5.74, 6) is -3.18. The number of carbonyl (C=O) groups is 2. The Kier molecular flexibility index (Phi) is 6.05. The number of benzene rings is 1. The zero-order valence-electron chi connectivity index (χ0n) is 14.3. The second-order valence-corrected chi connectivity index (χ2v) is 8.45. The van der Waals surface area contributed by atoms with Crippen LogP contribution in [0.1, 0.15) is 40.2 Å². The molecule has 0 saturated heterocycles. The highest BCUT2D eigenvalue weighted by Crippen LogP contribution is 2.41. The molecule has 0 aromatic heterocycles. The van der Waals surface area contributed by atoms with E-state index in [1.165, 1.54) is 11.8 Å². The van der Waals surface area contributed by atoms with Gasteiger partial charge < -0.3 is 9.84 Å². The number of aliphatic carboxylic acids is 1. The molecule has 0 bridgehead atoms. The molecule has 0 amide bonds. The van der Waals surface area contributed by atoms with Gasteiger partial charge in [-0.2, -0.15) is 0 Å². The summed E-state index contributed by atoms with van der Waals surface area (Å²) in [7, 11) is 0. The number of carbonyl (C=O) groups excluding carboxylic acids is 1. The van der Waals surface area contributed by atoms with E-state index in [9.17, 15) is 14.7 Å². The Morgan fingerprint density at radius 1 is 1.22 bits per heavy atom. The maximum absolute atomic E-state index is 12.4. The molecule has 0 radical (unpaired) electrons. The van der Waals surface area contributed by atoms with E-state index in [4.69, 9.17) is 4.74 Å². The van der Waals surface area contributed by atoms with E-state index in [1.54, 1.807) is 40.7 Å². The summed E-state index contributed by atoms with van der Waals surface area (Å²) in [5.41, 5.74) is 0.170. The minimum Gasteiger partial charge on any atom is -0.481 e. The van der Waals surface area contributed by atoms with E-state index in [1.807, 2.05) is 24.3 Å². The Morgan fingerprint density at radius 2 is 1.78 bits per heavy atom. The van der Waals surface area contributed by atoms with Crippen molar-refractivity contribution in [3.63, 3.8) is 0 Å². The molecule has 4 nitrogen and oxygen atoms in total. The van der Waals surface area contributed by atoms with E-state index in [0.29, 0.717) is 0 Å². The lowest BCUT2D eigenvalue weighted by atomic mass is 9.94. The Balaban J connectivity index is 3.12. The molecule has 0 aliphatic heterocycles. The van der Waals surface area contributed by atoms with Gasteiger partial charge in [0.25, 0.3) is 0 Å². The van der Waals surface area contributed by atoms with Crippen LogP contribution in [-0.2, 0) is 14.3 Å².